The van der Waals surface area contributed by atoms with Crippen molar-refractivity contribution in [2.24, 2.45) is 5.92 Å². The van der Waals surface area contributed by atoms with Gasteiger partial charge in [0.25, 0.3) is 0 Å². The topological polar surface area (TPSA) is 17.1 Å². The van der Waals surface area contributed by atoms with Crippen LogP contribution in [0.5, 0.6) is 0 Å². The zero-order valence-electron chi connectivity index (χ0n) is 28.7. The van der Waals surface area contributed by atoms with Crippen LogP contribution in [0, 0.1) is 5.92 Å². The number of hydrogen-bond acceptors (Lipinski definition) is 1. The van der Waals surface area contributed by atoms with Crippen molar-refractivity contribution in [3.05, 3.63) is 236 Å². The minimum absolute atomic E-state index is 0.330. The maximum Gasteiger partial charge on any atom is 0.132 e. The largest absolute Gasteiger partial charge is 0.300 e. The summed E-state index contributed by atoms with van der Waals surface area (Å²) in [6.45, 7) is 9.43. The van der Waals surface area contributed by atoms with Gasteiger partial charge in [0, 0.05) is 133 Å². The molecule has 1 heteroatoms. The summed E-state index contributed by atoms with van der Waals surface area (Å²) in [5.41, 5.74) is 99.9. The van der Waals surface area contributed by atoms with Gasteiger partial charge in [0.05, 0.1) is 0 Å². The molecule has 0 spiro atoms. The van der Waals surface area contributed by atoms with Gasteiger partial charge in [0.1, 0.15) is 5.78 Å². The van der Waals surface area contributed by atoms with Crippen LogP contribution in [0.2, 0.25) is 0 Å². The Hall–Kier alpha value is -9.17. The van der Waals surface area contributed by atoms with E-state index in [-0.39, 0.29) is 0 Å². The third-order valence-corrected chi connectivity index (χ3v) is 4.71. The fourth-order valence-corrected chi connectivity index (χ4v) is 2.76. The second-order valence-corrected chi connectivity index (χ2v) is 8.84. The van der Waals surface area contributed by atoms with Crippen molar-refractivity contribution in [1.82, 2.24) is 0 Å². The van der Waals surface area contributed by atoms with Crippen LogP contribution < -0.4 is 0 Å². The summed E-state index contributed by atoms with van der Waals surface area (Å²) < 4.78 is 0. The predicted octanol–water partition coefficient (Wildman–Crippen LogP) is 9.79. The molecule has 1 unspecified atom stereocenters. The molecule has 0 aliphatic rings. The molecule has 0 bridgehead atoms. The van der Waals surface area contributed by atoms with Crippen LogP contribution in [0.15, 0.2) is 236 Å². The van der Waals surface area contributed by atoms with Crippen molar-refractivity contribution in [2.75, 3.05) is 0 Å². The van der Waals surface area contributed by atoms with Crippen LogP contribution in [0.4, 0.5) is 0 Å². The summed E-state index contributed by atoms with van der Waals surface area (Å²) >= 11 is 0. The third kappa shape index (κ3) is 35.3. The molecule has 0 heterocycles. The molecule has 1 atom stereocenters. The molecule has 0 radical (unpaired) electrons. The van der Waals surface area contributed by atoms with Gasteiger partial charge in [-0.05, 0) is 136 Å². The lowest BCUT2D eigenvalue weighted by Gasteiger charge is -2.09. The lowest BCUT2D eigenvalue weighted by atomic mass is 9.96. The van der Waals surface area contributed by atoms with Crippen LogP contribution in [0.1, 0.15) is 52.9 Å². The van der Waals surface area contributed by atoms with Crippen molar-refractivity contribution in [3.8, 4) is 0 Å². The molecule has 1 nitrogen and oxygen atoms in total. The van der Waals surface area contributed by atoms with Gasteiger partial charge < -0.3 is 0 Å². The predicted molar refractivity (Wildman–Crippen MR) is 195 cm³/mol. The van der Waals surface area contributed by atoms with Crippen LogP contribution in [0.25, 0.3) is 0 Å². The number of Topliss-reactive ketones (excluding diaryl/α,β-unsaturated/α-hetero) is 1. The van der Waals surface area contributed by atoms with E-state index in [2.05, 4.69) is 237 Å². The first-order valence-electron chi connectivity index (χ1n) is 15.0. The second-order valence-electron chi connectivity index (χ2n) is 8.84. The highest BCUT2D eigenvalue weighted by Crippen LogP contribution is 2.16. The zero-order chi connectivity index (χ0) is 37.8. The Morgan fingerprint density at radius 1 is 0.423 bits per heavy atom. The Kier molecular flexibility index (Phi) is 29.9. The molecule has 0 aromatic rings. The highest BCUT2D eigenvalue weighted by molar-refractivity contribution is 5.78. The molecule has 0 amide bonds. The zero-order valence-corrected chi connectivity index (χ0v) is 28.7. The molecule has 0 saturated heterocycles. The summed E-state index contributed by atoms with van der Waals surface area (Å²) in [5, 5.41) is 0. The summed E-state index contributed by atoms with van der Waals surface area (Å²) in [6, 6.07) is 0. The van der Waals surface area contributed by atoms with Crippen LogP contribution in [-0.2, 0) is 4.79 Å². The Morgan fingerprint density at radius 3 is 0.923 bits per heavy atom. The van der Waals surface area contributed by atoms with E-state index in [0.717, 1.165) is 24.8 Å². The first kappa shape index (κ1) is 42.8. The Bertz CT molecular complexity index is 3020. The summed E-state index contributed by atoms with van der Waals surface area (Å²) in [4.78, 5) is 11.7. The van der Waals surface area contributed by atoms with Gasteiger partial charge in [-0.2, -0.15) is 0 Å². The number of carbonyl (C=O) groups is 1. The molecular weight excluding hydrogens is 629 g/mol. The van der Waals surface area contributed by atoms with E-state index >= 15 is 0 Å². The van der Waals surface area contributed by atoms with Gasteiger partial charge in [0.15, 0.2) is 0 Å². The van der Waals surface area contributed by atoms with Gasteiger partial charge in [-0.3, -0.25) is 4.79 Å². The van der Waals surface area contributed by atoms with E-state index in [0.29, 0.717) is 24.5 Å². The number of carbonyl (C=O) groups excluding carboxylic acids is 1. The molecule has 0 aromatic carbocycles. The molecule has 0 aromatic heterocycles. The van der Waals surface area contributed by atoms with Crippen molar-refractivity contribution in [3.63, 3.8) is 0 Å². The average Bonchev–Trinajstić information content (AvgIpc) is 3.13. The lowest BCUT2D eigenvalue weighted by Crippen LogP contribution is -2.02. The van der Waals surface area contributed by atoms with Crippen molar-refractivity contribution in [2.45, 2.75) is 52.9 Å². The minimum atomic E-state index is 0.330. The van der Waals surface area contributed by atoms with E-state index in [1.165, 1.54) is 0 Å². The first-order valence-corrected chi connectivity index (χ1v) is 15.0. The summed E-state index contributed by atoms with van der Waals surface area (Å²) in [5.74, 6) is 0.739. The van der Waals surface area contributed by atoms with Crippen molar-refractivity contribution < 1.29 is 4.79 Å². The van der Waals surface area contributed by atoms with E-state index in [4.69, 9.17) is 0 Å². The molecule has 0 saturated carbocycles. The van der Waals surface area contributed by atoms with E-state index in [1.54, 1.807) is 0 Å². The van der Waals surface area contributed by atoms with Crippen molar-refractivity contribution >= 4 is 5.78 Å². The quantitative estimate of drug-likeness (QED) is 0.251. The molecule has 0 rings (SSSR count). The van der Waals surface area contributed by atoms with Crippen LogP contribution in [-0.4, -0.2) is 5.78 Å². The molecule has 0 aliphatic heterocycles. The second kappa shape index (κ2) is 36.3. The lowest BCUT2D eigenvalue weighted by molar-refractivity contribution is -0.119. The Morgan fingerprint density at radius 2 is 0.673 bits per heavy atom. The minimum Gasteiger partial charge on any atom is -0.300 e. The van der Waals surface area contributed by atoms with Gasteiger partial charge in [-0.15, -0.1) is 0 Å². The third-order valence-electron chi connectivity index (χ3n) is 4.71. The molecule has 0 aliphatic carbocycles. The molecule has 52 heavy (non-hydrogen) atoms. The van der Waals surface area contributed by atoms with Gasteiger partial charge in [-0.25, -0.2) is 0 Å². The molecular formula is C51H22O. The van der Waals surface area contributed by atoms with Gasteiger partial charge in [0.2, 0.25) is 0 Å². The first-order chi connectivity index (χ1) is 25.6. The Balaban J connectivity index is 5.85. The monoisotopic (exact) mass is 650 g/mol. The number of ketones is 1. The summed E-state index contributed by atoms with van der Waals surface area (Å²) in [6.07, 6.45) is 3.93. The van der Waals surface area contributed by atoms with E-state index < -0.39 is 0 Å². The smallest absolute Gasteiger partial charge is 0.132 e. The van der Waals surface area contributed by atoms with Gasteiger partial charge >= 0.3 is 0 Å². The molecule has 232 valence electrons. The standard InChI is InChI=1S/C51H22O/c1-5-7-8-9-10-11-12-13-14-15-16-17-18-19-20-21-22-23-24-25-26-27-28-29-30-31-32-33-34-35-36-37-38-39-40-41-42-43-45-49(3)48-50(4)46-47-51(52)44-6-2/h50H,1,6,44,46-48H2,2-4H3. The average molecular weight is 651 g/mol. The van der Waals surface area contributed by atoms with Crippen LogP contribution >= 0.6 is 0 Å². The van der Waals surface area contributed by atoms with Gasteiger partial charge in [-0.1, -0.05) is 25.3 Å². The summed E-state index contributed by atoms with van der Waals surface area (Å²) in [7, 11) is 0. The molecule has 0 N–H and O–H groups in total. The van der Waals surface area contributed by atoms with E-state index in [1.807, 2.05) is 13.8 Å². The van der Waals surface area contributed by atoms with Crippen LogP contribution in [0.3, 0.4) is 0 Å². The molecule has 0 fully saturated rings. The normalized spacial score (nSPS) is 6.13. The maximum atomic E-state index is 11.7. The Labute approximate surface area is 304 Å². The van der Waals surface area contributed by atoms with Crippen molar-refractivity contribution in [1.29, 1.82) is 0 Å². The fraction of sp³-hybridized carbons (Fsp3) is 0.176. The highest BCUT2D eigenvalue weighted by atomic mass is 16.1. The maximum absolute atomic E-state index is 11.7. The number of rotatable bonds is 7. The SMILES string of the molecule is C=C=C=C=C=C=C=C=C=C=C=C=C=C=C=C=C=C=C=C=C=C=C=C=C=C=C=C=C=C=C=C=C=C=C=C=C=C=C=C=C(C)CC(C)CCC(=O)CCC. The fourth-order valence-electron chi connectivity index (χ4n) is 2.76. The number of hydrogen-bond donors (Lipinski definition) is 0. The highest BCUT2D eigenvalue weighted by Gasteiger charge is 2.06. The van der Waals surface area contributed by atoms with E-state index in [9.17, 15) is 4.79 Å². The number of allylic oxidation sites excluding steroid dienone is 1.